The highest BCUT2D eigenvalue weighted by Crippen LogP contribution is 2.23. The molecule has 0 bridgehead atoms. The first-order chi connectivity index (χ1) is 19.8. The number of carbonyl (C=O) groups is 1. The third kappa shape index (κ3) is 6.34. The van der Waals surface area contributed by atoms with E-state index in [1.165, 1.54) is 12.3 Å². The summed E-state index contributed by atoms with van der Waals surface area (Å²) in [4.78, 5) is 38.6. The van der Waals surface area contributed by atoms with E-state index in [4.69, 9.17) is 5.26 Å². The number of anilines is 2. The molecule has 5 aromatic heterocycles. The Hall–Kier alpha value is -5.63. The van der Waals surface area contributed by atoms with E-state index < -0.39 is 5.95 Å². The summed E-state index contributed by atoms with van der Waals surface area (Å²) in [7, 11) is 0. The third-order valence-corrected chi connectivity index (χ3v) is 6.21. The Labute approximate surface area is 235 Å². The number of aromatic nitrogens is 6. The maximum absolute atomic E-state index is 13.3. The molecular formula is C30H24FN9O. The summed E-state index contributed by atoms with van der Waals surface area (Å²) in [5.41, 5.74) is 5.41. The van der Waals surface area contributed by atoms with Crippen molar-refractivity contribution < 1.29 is 9.18 Å². The van der Waals surface area contributed by atoms with Crippen LogP contribution < -0.4 is 10.6 Å². The highest BCUT2D eigenvalue weighted by atomic mass is 19.1. The molecule has 0 aliphatic rings. The van der Waals surface area contributed by atoms with Crippen molar-refractivity contribution in [3.8, 4) is 28.7 Å². The zero-order valence-corrected chi connectivity index (χ0v) is 22.4. The second kappa shape index (κ2) is 11.6. The normalized spacial score (nSPS) is 11.4. The van der Waals surface area contributed by atoms with E-state index in [1.807, 2.05) is 26.0 Å². The average Bonchev–Trinajstić information content (AvgIpc) is 2.97. The van der Waals surface area contributed by atoms with Crippen LogP contribution in [0.5, 0.6) is 0 Å². The maximum atomic E-state index is 13.3. The number of nitriles is 1. The van der Waals surface area contributed by atoms with E-state index in [0.29, 0.717) is 39.8 Å². The van der Waals surface area contributed by atoms with Crippen LogP contribution in [0.25, 0.3) is 22.6 Å². The summed E-state index contributed by atoms with van der Waals surface area (Å²) in [6, 6.07) is 15.1. The van der Waals surface area contributed by atoms with Crippen LogP contribution in [0.15, 0.2) is 73.3 Å². The number of amides is 1. The lowest BCUT2D eigenvalue weighted by atomic mass is 10.1. The van der Waals surface area contributed by atoms with Gasteiger partial charge in [-0.25, -0.2) is 15.0 Å². The highest BCUT2D eigenvalue weighted by molar-refractivity contribution is 5.92. The minimum absolute atomic E-state index is 0.239. The fraction of sp³-hybridized carbons (Fsp3) is 0.133. The Morgan fingerprint density at radius 3 is 2.51 bits per heavy atom. The van der Waals surface area contributed by atoms with Gasteiger partial charge in [0.1, 0.15) is 17.6 Å². The fourth-order valence-corrected chi connectivity index (χ4v) is 4.12. The molecule has 0 radical (unpaired) electrons. The Morgan fingerprint density at radius 2 is 1.80 bits per heavy atom. The van der Waals surface area contributed by atoms with Crippen molar-refractivity contribution in [2.75, 3.05) is 5.32 Å². The Morgan fingerprint density at radius 1 is 0.951 bits per heavy atom. The van der Waals surface area contributed by atoms with Crippen molar-refractivity contribution in [1.29, 1.82) is 5.26 Å². The number of nitrogens with one attached hydrogen (secondary N) is 2. The van der Waals surface area contributed by atoms with Crippen LogP contribution in [0.1, 0.15) is 46.0 Å². The Balaban J connectivity index is 1.26. The summed E-state index contributed by atoms with van der Waals surface area (Å²) in [6.45, 7) is 5.42. The molecule has 2 N–H and O–H groups in total. The van der Waals surface area contributed by atoms with Crippen LogP contribution in [0.3, 0.4) is 0 Å². The van der Waals surface area contributed by atoms with Crippen molar-refractivity contribution >= 4 is 17.4 Å². The summed E-state index contributed by atoms with van der Waals surface area (Å²) in [5.74, 6) is 0.0860. The van der Waals surface area contributed by atoms with Crippen LogP contribution in [0, 0.1) is 31.1 Å². The summed E-state index contributed by atoms with van der Waals surface area (Å²) < 4.78 is 13.3. The lowest BCUT2D eigenvalue weighted by molar-refractivity contribution is 0.0935. The topological polar surface area (TPSA) is 142 Å². The number of aryl methyl sites for hydroxylation is 2. The van der Waals surface area contributed by atoms with E-state index in [2.05, 4.69) is 46.6 Å². The van der Waals surface area contributed by atoms with Gasteiger partial charge in [-0.05, 0) is 62.7 Å². The minimum atomic E-state index is -0.536. The van der Waals surface area contributed by atoms with E-state index in [0.717, 1.165) is 16.8 Å². The molecule has 10 nitrogen and oxygen atoms in total. The summed E-state index contributed by atoms with van der Waals surface area (Å²) in [6.07, 6.45) is 6.30. The fourth-order valence-electron chi connectivity index (χ4n) is 4.12. The molecule has 0 saturated carbocycles. The second-order valence-electron chi connectivity index (χ2n) is 9.29. The number of nitrogens with zero attached hydrogens (tertiary/aromatic N) is 7. The second-order valence-corrected chi connectivity index (χ2v) is 9.29. The van der Waals surface area contributed by atoms with Crippen molar-refractivity contribution in [2.24, 2.45) is 0 Å². The van der Waals surface area contributed by atoms with E-state index in [9.17, 15) is 9.18 Å². The number of carbonyl (C=O) groups excluding carboxylic acids is 1. The Kier molecular flexibility index (Phi) is 7.65. The first-order valence-electron chi connectivity index (χ1n) is 12.6. The van der Waals surface area contributed by atoms with Gasteiger partial charge in [0.2, 0.25) is 5.95 Å². The number of halogens is 1. The predicted octanol–water partition coefficient (Wildman–Crippen LogP) is 5.25. The van der Waals surface area contributed by atoms with Crippen LogP contribution in [-0.2, 0) is 0 Å². The van der Waals surface area contributed by atoms with Crippen molar-refractivity contribution in [3.05, 3.63) is 107 Å². The van der Waals surface area contributed by atoms with Crippen molar-refractivity contribution in [1.82, 2.24) is 35.2 Å². The van der Waals surface area contributed by atoms with Gasteiger partial charge in [0.15, 0.2) is 5.82 Å². The molecule has 1 unspecified atom stereocenters. The van der Waals surface area contributed by atoms with E-state index >= 15 is 0 Å². The smallest absolute Gasteiger partial charge is 0.270 e. The van der Waals surface area contributed by atoms with Crippen LogP contribution in [0.4, 0.5) is 15.9 Å². The lowest BCUT2D eigenvalue weighted by Crippen LogP contribution is -2.27. The third-order valence-electron chi connectivity index (χ3n) is 6.21. The van der Waals surface area contributed by atoms with Crippen molar-refractivity contribution in [2.45, 2.75) is 26.8 Å². The first kappa shape index (κ1) is 27.0. The molecule has 5 rings (SSSR count). The zero-order chi connectivity index (χ0) is 28.9. The predicted molar refractivity (Wildman–Crippen MR) is 150 cm³/mol. The number of hydrogen-bond acceptors (Lipinski definition) is 9. The monoisotopic (exact) mass is 545 g/mol. The van der Waals surface area contributed by atoms with Gasteiger partial charge in [0.25, 0.3) is 5.91 Å². The molecule has 5 heterocycles. The van der Waals surface area contributed by atoms with Gasteiger partial charge in [-0.3, -0.25) is 19.7 Å². The molecule has 0 saturated heterocycles. The van der Waals surface area contributed by atoms with Gasteiger partial charge in [-0.15, -0.1) is 0 Å². The van der Waals surface area contributed by atoms with Crippen molar-refractivity contribution in [3.63, 3.8) is 0 Å². The molecule has 1 amide bonds. The summed E-state index contributed by atoms with van der Waals surface area (Å²) in [5, 5.41) is 15.2. The largest absolute Gasteiger partial charge is 0.344 e. The molecule has 0 fully saturated rings. The van der Waals surface area contributed by atoms with Gasteiger partial charge in [0.05, 0.1) is 29.2 Å². The number of pyridine rings is 4. The maximum Gasteiger partial charge on any atom is 0.270 e. The average molecular weight is 546 g/mol. The van der Waals surface area contributed by atoms with Gasteiger partial charge < -0.3 is 10.6 Å². The van der Waals surface area contributed by atoms with Gasteiger partial charge in [-0.2, -0.15) is 9.65 Å². The standard InChI is InChI=1S/C30H24FN9O/c1-17-10-28(39-23-11-20(12-32)13-33-16-23)40-29(36-17)22-5-8-26(35-15-22)30(41)38-18(2)21-4-7-25(34-14-21)24-6-9-27(31)37-19(24)3/h4-11,13-16,18H,1-3H3,(H,38,41)(H,36,39,40). The molecular weight excluding hydrogens is 521 g/mol. The molecule has 0 aromatic carbocycles. The molecule has 5 aromatic rings. The SMILES string of the molecule is Cc1cc(Nc2cncc(C#N)c2)nc(-c2ccc(C(=O)NC(C)c3ccc(-c4ccc(F)nc4C)nc3)nc2)n1. The van der Waals surface area contributed by atoms with Crippen LogP contribution in [0.2, 0.25) is 0 Å². The number of hydrogen-bond donors (Lipinski definition) is 2. The zero-order valence-electron chi connectivity index (χ0n) is 22.4. The minimum Gasteiger partial charge on any atom is -0.344 e. The number of rotatable bonds is 7. The van der Waals surface area contributed by atoms with Crippen LogP contribution >= 0.6 is 0 Å². The molecule has 41 heavy (non-hydrogen) atoms. The van der Waals surface area contributed by atoms with Gasteiger partial charge in [-0.1, -0.05) is 6.07 Å². The molecule has 0 spiro atoms. The highest BCUT2D eigenvalue weighted by Gasteiger charge is 2.15. The Bertz CT molecular complexity index is 1770. The molecule has 202 valence electrons. The van der Waals surface area contributed by atoms with Crippen LogP contribution in [-0.4, -0.2) is 35.8 Å². The van der Waals surface area contributed by atoms with Gasteiger partial charge in [0, 0.05) is 47.2 Å². The van der Waals surface area contributed by atoms with E-state index in [1.54, 1.807) is 55.8 Å². The van der Waals surface area contributed by atoms with Gasteiger partial charge >= 0.3 is 0 Å². The molecule has 11 heteroatoms. The quantitative estimate of drug-likeness (QED) is 0.262. The lowest BCUT2D eigenvalue weighted by Gasteiger charge is -2.14. The first-order valence-corrected chi connectivity index (χ1v) is 12.6. The summed E-state index contributed by atoms with van der Waals surface area (Å²) >= 11 is 0. The molecule has 1 atom stereocenters. The molecule has 0 aliphatic heterocycles. The molecule has 0 aliphatic carbocycles. The van der Waals surface area contributed by atoms with E-state index in [-0.39, 0.29) is 17.6 Å².